The number of anilines is 1. The van der Waals surface area contributed by atoms with Crippen LogP contribution in [0.3, 0.4) is 0 Å². The lowest BCUT2D eigenvalue weighted by Crippen LogP contribution is -2.60. The van der Waals surface area contributed by atoms with Gasteiger partial charge in [-0.05, 0) is 47.0 Å². The third kappa shape index (κ3) is 2.91. The summed E-state index contributed by atoms with van der Waals surface area (Å²) in [6.07, 6.45) is 0. The van der Waals surface area contributed by atoms with Crippen LogP contribution in [0.15, 0.2) is 71.6 Å². The number of nitrogens with two attached hydrogens (primary N) is 3. The maximum atomic E-state index is 13.5. The highest BCUT2D eigenvalue weighted by atomic mass is 32.2. The number of hydrogen-bond donors (Lipinski definition) is 4. The minimum Gasteiger partial charge on any atom is -0.480 e. The largest absolute Gasteiger partial charge is 0.480 e. The molecule has 0 bridgehead atoms. The van der Waals surface area contributed by atoms with Gasteiger partial charge in [0, 0.05) is 16.5 Å². The molecule has 4 atom stereocenters. The standard InChI is InChI=1S/C24H21N3O4S/c25-16-11-10-15-17-18(21(23(29)30)32-20(16)17)19(26)22(28)24(15,27)12-6-8-14(9-7-12)31-13-4-2-1-3-5-13/h1-11,18-19,21H,25-27H2,(H,29,30). The lowest BCUT2D eigenvalue weighted by Gasteiger charge is -2.41. The molecule has 0 saturated heterocycles. The minimum absolute atomic E-state index is 0.420. The Morgan fingerprint density at radius 3 is 2.31 bits per heavy atom. The fourth-order valence-electron chi connectivity index (χ4n) is 4.61. The van der Waals surface area contributed by atoms with Gasteiger partial charge in [-0.3, -0.25) is 9.59 Å². The number of Topliss-reactive ketones (excluding diaryl/α,β-unsaturated/α-hetero) is 1. The zero-order chi connectivity index (χ0) is 22.6. The first kappa shape index (κ1) is 20.6. The molecule has 0 aromatic heterocycles. The number of thioether (sulfide) groups is 1. The molecule has 8 heteroatoms. The second kappa shape index (κ2) is 7.37. The number of ketones is 1. The van der Waals surface area contributed by atoms with Gasteiger partial charge in [-0.15, -0.1) is 11.8 Å². The summed E-state index contributed by atoms with van der Waals surface area (Å²) in [4.78, 5) is 26.0. The van der Waals surface area contributed by atoms with Crippen molar-refractivity contribution in [1.82, 2.24) is 0 Å². The van der Waals surface area contributed by atoms with Crippen molar-refractivity contribution in [3.63, 3.8) is 0 Å². The molecule has 162 valence electrons. The Balaban J connectivity index is 1.59. The van der Waals surface area contributed by atoms with Crippen molar-refractivity contribution in [3.05, 3.63) is 83.4 Å². The molecule has 3 aromatic carbocycles. The maximum Gasteiger partial charge on any atom is 0.317 e. The van der Waals surface area contributed by atoms with Crippen LogP contribution < -0.4 is 21.9 Å². The third-order valence-electron chi connectivity index (χ3n) is 6.17. The number of hydrogen-bond acceptors (Lipinski definition) is 7. The van der Waals surface area contributed by atoms with E-state index in [1.807, 2.05) is 30.3 Å². The Bertz CT molecular complexity index is 1230. The molecule has 0 radical (unpaired) electrons. The van der Waals surface area contributed by atoms with Crippen molar-refractivity contribution in [2.24, 2.45) is 11.5 Å². The van der Waals surface area contributed by atoms with Gasteiger partial charge in [-0.25, -0.2) is 0 Å². The van der Waals surface area contributed by atoms with Gasteiger partial charge < -0.3 is 27.0 Å². The summed E-state index contributed by atoms with van der Waals surface area (Å²) in [5, 5.41) is 8.83. The molecule has 32 heavy (non-hydrogen) atoms. The molecular weight excluding hydrogens is 426 g/mol. The highest BCUT2D eigenvalue weighted by molar-refractivity contribution is 8.01. The van der Waals surface area contributed by atoms with Crippen molar-refractivity contribution < 1.29 is 19.4 Å². The first-order valence-corrected chi connectivity index (χ1v) is 10.9. The Morgan fingerprint density at radius 1 is 1.00 bits per heavy atom. The minimum atomic E-state index is -1.52. The number of carbonyl (C=O) groups excluding carboxylic acids is 1. The lowest BCUT2D eigenvalue weighted by molar-refractivity contribution is -0.137. The molecular formula is C24H21N3O4S. The van der Waals surface area contributed by atoms with Gasteiger partial charge in [-0.2, -0.15) is 0 Å². The number of nitrogen functional groups attached to an aromatic ring is 1. The van der Waals surface area contributed by atoms with E-state index in [2.05, 4.69) is 0 Å². The van der Waals surface area contributed by atoms with Crippen LogP contribution in [0.2, 0.25) is 0 Å². The number of ether oxygens (including phenoxy) is 1. The predicted molar refractivity (Wildman–Crippen MR) is 122 cm³/mol. The van der Waals surface area contributed by atoms with Gasteiger partial charge in [0.05, 0.1) is 6.04 Å². The predicted octanol–water partition coefficient (Wildman–Crippen LogP) is 2.82. The van der Waals surface area contributed by atoms with Gasteiger partial charge in [0.25, 0.3) is 0 Å². The van der Waals surface area contributed by atoms with Crippen LogP contribution in [0.1, 0.15) is 22.6 Å². The van der Waals surface area contributed by atoms with Crippen LogP contribution in [0.5, 0.6) is 11.5 Å². The van der Waals surface area contributed by atoms with E-state index >= 15 is 0 Å². The number of carboxylic acid groups (broad SMARTS) is 1. The summed E-state index contributed by atoms with van der Waals surface area (Å²) in [5.41, 5.74) is 20.0. The van der Waals surface area contributed by atoms with E-state index in [0.29, 0.717) is 38.8 Å². The van der Waals surface area contributed by atoms with Crippen molar-refractivity contribution in [2.45, 2.75) is 27.6 Å². The van der Waals surface area contributed by atoms with Crippen molar-refractivity contribution in [2.75, 3.05) is 5.73 Å². The number of carboxylic acids is 1. The molecule has 7 N–H and O–H groups in total. The molecule has 1 aliphatic heterocycles. The van der Waals surface area contributed by atoms with E-state index < -0.39 is 34.5 Å². The number of rotatable bonds is 4. The number of carbonyl (C=O) groups is 2. The molecule has 0 spiro atoms. The van der Waals surface area contributed by atoms with Gasteiger partial charge in [0.2, 0.25) is 0 Å². The van der Waals surface area contributed by atoms with E-state index in [1.54, 1.807) is 36.4 Å². The molecule has 7 nitrogen and oxygen atoms in total. The zero-order valence-corrected chi connectivity index (χ0v) is 17.7. The highest BCUT2D eigenvalue weighted by Crippen LogP contribution is 2.56. The first-order valence-electron chi connectivity index (χ1n) is 10.1. The summed E-state index contributed by atoms with van der Waals surface area (Å²) in [6, 6.07) is 18.6. The van der Waals surface area contributed by atoms with E-state index in [9.17, 15) is 14.7 Å². The first-order chi connectivity index (χ1) is 15.3. The van der Waals surface area contributed by atoms with Gasteiger partial charge >= 0.3 is 5.97 Å². The number of benzene rings is 3. The van der Waals surface area contributed by atoms with Crippen molar-refractivity contribution >= 4 is 29.2 Å². The van der Waals surface area contributed by atoms with E-state index in [1.165, 1.54) is 0 Å². The molecule has 1 heterocycles. The van der Waals surface area contributed by atoms with Gasteiger partial charge in [0.1, 0.15) is 22.3 Å². The molecule has 5 rings (SSSR count). The molecule has 1 aliphatic carbocycles. The summed E-state index contributed by atoms with van der Waals surface area (Å²) in [7, 11) is 0. The average molecular weight is 448 g/mol. The molecule has 3 aromatic rings. The van der Waals surface area contributed by atoms with Crippen LogP contribution in [-0.4, -0.2) is 28.2 Å². The highest BCUT2D eigenvalue weighted by Gasteiger charge is 2.56. The topological polar surface area (TPSA) is 142 Å². The zero-order valence-electron chi connectivity index (χ0n) is 16.9. The Labute approximate surface area is 188 Å². The lowest BCUT2D eigenvalue weighted by atomic mass is 9.65. The van der Waals surface area contributed by atoms with Crippen molar-refractivity contribution in [3.8, 4) is 11.5 Å². The smallest absolute Gasteiger partial charge is 0.317 e. The van der Waals surface area contributed by atoms with Crippen LogP contribution >= 0.6 is 11.8 Å². The number of aliphatic carboxylic acids is 1. The summed E-state index contributed by atoms with van der Waals surface area (Å²) < 4.78 is 5.84. The quantitative estimate of drug-likeness (QED) is 0.447. The molecule has 0 saturated carbocycles. The number of para-hydroxylation sites is 1. The normalized spacial score (nSPS) is 25.9. The fourth-order valence-corrected chi connectivity index (χ4v) is 6.00. The second-order valence-electron chi connectivity index (χ2n) is 7.99. The molecule has 0 amide bonds. The Kier molecular flexibility index (Phi) is 4.74. The van der Waals surface area contributed by atoms with Crippen LogP contribution in [0, 0.1) is 0 Å². The van der Waals surface area contributed by atoms with Crippen LogP contribution in [0.25, 0.3) is 0 Å². The molecule has 0 fully saturated rings. The SMILES string of the molecule is Nc1ccc2c3c1SC(C(=O)O)C3C(N)C(=O)C2(N)c1ccc(Oc2ccccc2)cc1. The van der Waals surface area contributed by atoms with Crippen LogP contribution in [-0.2, 0) is 15.1 Å². The second-order valence-corrected chi connectivity index (χ2v) is 9.14. The van der Waals surface area contributed by atoms with Crippen molar-refractivity contribution in [1.29, 1.82) is 0 Å². The summed E-state index contributed by atoms with van der Waals surface area (Å²) in [5.74, 6) is -0.851. The maximum absolute atomic E-state index is 13.5. The monoisotopic (exact) mass is 447 g/mol. The van der Waals surface area contributed by atoms with E-state index in [-0.39, 0.29) is 0 Å². The Morgan fingerprint density at radius 2 is 1.66 bits per heavy atom. The van der Waals surface area contributed by atoms with E-state index in [0.717, 1.165) is 11.8 Å². The molecule has 4 unspecified atom stereocenters. The fraction of sp³-hybridized carbons (Fsp3) is 0.167. The molecule has 2 aliphatic rings. The summed E-state index contributed by atoms with van der Waals surface area (Å²) in [6.45, 7) is 0. The Hall–Kier alpha value is -3.33. The summed E-state index contributed by atoms with van der Waals surface area (Å²) >= 11 is 1.13. The van der Waals surface area contributed by atoms with Crippen LogP contribution in [0.4, 0.5) is 5.69 Å². The van der Waals surface area contributed by atoms with E-state index in [4.69, 9.17) is 21.9 Å². The van der Waals surface area contributed by atoms with Gasteiger partial charge in [-0.1, -0.05) is 36.4 Å². The average Bonchev–Trinajstić information content (AvgIpc) is 3.20. The third-order valence-corrected chi connectivity index (χ3v) is 7.61. The van der Waals surface area contributed by atoms with Gasteiger partial charge in [0.15, 0.2) is 5.78 Å².